The van der Waals surface area contributed by atoms with Crippen molar-refractivity contribution >= 4 is 12.6 Å². The Balaban J connectivity index is 3.17. The third-order valence-corrected chi connectivity index (χ3v) is 3.99. The number of benzene rings is 1. The Morgan fingerprint density at radius 2 is 1.52 bits per heavy atom. The first-order valence-electron chi connectivity index (χ1n) is 7.17. The van der Waals surface area contributed by atoms with Gasteiger partial charge in [0.2, 0.25) is 0 Å². The fourth-order valence-corrected chi connectivity index (χ4v) is 1.90. The van der Waals surface area contributed by atoms with Gasteiger partial charge in [-0.05, 0) is 56.3 Å². The summed E-state index contributed by atoms with van der Waals surface area (Å²) in [5, 5.41) is 30.3. The van der Waals surface area contributed by atoms with Gasteiger partial charge in [0.15, 0.2) is 0 Å². The number of hydrogen-bond donors (Lipinski definition) is 3. The van der Waals surface area contributed by atoms with Crippen molar-refractivity contribution in [2.75, 3.05) is 0 Å². The third kappa shape index (κ3) is 4.22. The highest BCUT2D eigenvalue weighted by molar-refractivity contribution is 6.60. The van der Waals surface area contributed by atoms with Crippen molar-refractivity contribution in [1.29, 1.82) is 0 Å². The van der Waals surface area contributed by atoms with Crippen LogP contribution in [0, 0.1) is 0 Å². The molecule has 0 saturated carbocycles. The highest BCUT2D eigenvalue weighted by Crippen LogP contribution is 2.28. The molecule has 0 fully saturated rings. The molecule has 0 aliphatic carbocycles. The van der Waals surface area contributed by atoms with E-state index < -0.39 is 18.3 Å². The molecule has 0 radical (unpaired) electrons. The monoisotopic (exact) mass is 294 g/mol. The minimum absolute atomic E-state index is 0.151. The number of phenols is 1. The molecule has 5 heteroatoms. The quantitative estimate of drug-likeness (QED) is 0.742. The van der Waals surface area contributed by atoms with E-state index in [9.17, 15) is 15.2 Å². The van der Waals surface area contributed by atoms with Crippen molar-refractivity contribution in [3.63, 3.8) is 0 Å². The number of hydrogen-bond acceptors (Lipinski definition) is 4. The highest BCUT2D eigenvalue weighted by Gasteiger charge is 2.40. The van der Waals surface area contributed by atoms with Crippen LogP contribution in [-0.2, 0) is 10.1 Å². The van der Waals surface area contributed by atoms with Crippen molar-refractivity contribution in [2.45, 2.75) is 65.1 Å². The first-order chi connectivity index (χ1) is 9.25. The maximum Gasteiger partial charge on any atom is 0.491 e. The average molecular weight is 294 g/mol. The van der Waals surface area contributed by atoms with Crippen LogP contribution in [-0.4, -0.2) is 33.6 Å². The van der Waals surface area contributed by atoms with Crippen LogP contribution in [0.2, 0.25) is 0 Å². The number of phenolic OH excluding ortho intramolecular Hbond substituents is 1. The van der Waals surface area contributed by atoms with E-state index in [-0.39, 0.29) is 11.2 Å². The molecular formula is C16H27BO4. The van der Waals surface area contributed by atoms with Crippen molar-refractivity contribution in [3.05, 3.63) is 23.8 Å². The van der Waals surface area contributed by atoms with E-state index in [1.165, 1.54) is 6.07 Å². The molecule has 0 unspecified atom stereocenters. The average Bonchev–Trinajstić information content (AvgIpc) is 2.25. The summed E-state index contributed by atoms with van der Waals surface area (Å²) >= 11 is 0. The van der Waals surface area contributed by atoms with Crippen LogP contribution in [0.25, 0.3) is 0 Å². The van der Waals surface area contributed by atoms with Crippen LogP contribution >= 0.6 is 0 Å². The molecule has 0 aliphatic heterocycles. The van der Waals surface area contributed by atoms with Crippen LogP contribution in [0.1, 0.15) is 54.0 Å². The molecular weight excluding hydrogens is 267 g/mol. The molecule has 0 spiro atoms. The summed E-state index contributed by atoms with van der Waals surface area (Å²) in [6.45, 7) is 12.7. The second-order valence-corrected chi connectivity index (χ2v) is 7.56. The van der Waals surface area contributed by atoms with E-state index in [0.717, 1.165) is 5.56 Å². The summed E-state index contributed by atoms with van der Waals surface area (Å²) in [5.41, 5.74) is -0.886. The SMILES string of the molecule is CC(C)(C)c1cc(O)ccc1B(O)OC(C)(C)C(C)(C)O. The Morgan fingerprint density at radius 3 is 1.95 bits per heavy atom. The van der Waals surface area contributed by atoms with Crippen LogP contribution in [0.3, 0.4) is 0 Å². The van der Waals surface area contributed by atoms with E-state index in [2.05, 4.69) is 0 Å². The van der Waals surface area contributed by atoms with Crippen molar-refractivity contribution in [1.82, 2.24) is 0 Å². The zero-order valence-electron chi connectivity index (χ0n) is 14.1. The van der Waals surface area contributed by atoms with E-state index in [1.807, 2.05) is 20.8 Å². The van der Waals surface area contributed by atoms with Gasteiger partial charge in [0.25, 0.3) is 0 Å². The Kier molecular flexibility index (Phi) is 4.83. The third-order valence-electron chi connectivity index (χ3n) is 3.99. The molecule has 0 amide bonds. The molecule has 1 aromatic carbocycles. The fraction of sp³-hybridized carbons (Fsp3) is 0.625. The lowest BCUT2D eigenvalue weighted by molar-refractivity contribution is -0.0983. The summed E-state index contributed by atoms with van der Waals surface area (Å²) in [6, 6.07) is 4.81. The van der Waals surface area contributed by atoms with Crippen LogP contribution in [0.4, 0.5) is 0 Å². The Bertz CT molecular complexity index is 498. The van der Waals surface area contributed by atoms with Crippen molar-refractivity contribution in [2.24, 2.45) is 0 Å². The molecule has 0 bridgehead atoms. The lowest BCUT2D eigenvalue weighted by Crippen LogP contribution is -2.54. The number of rotatable bonds is 4. The van der Waals surface area contributed by atoms with Gasteiger partial charge in [0.1, 0.15) is 5.75 Å². The van der Waals surface area contributed by atoms with Gasteiger partial charge in [0, 0.05) is 0 Å². The van der Waals surface area contributed by atoms with Crippen LogP contribution in [0.5, 0.6) is 5.75 Å². The van der Waals surface area contributed by atoms with Gasteiger partial charge in [-0.15, -0.1) is 0 Å². The molecule has 1 rings (SSSR count). The van der Waals surface area contributed by atoms with Gasteiger partial charge >= 0.3 is 7.12 Å². The number of aliphatic hydroxyl groups is 1. The Labute approximate surface area is 127 Å². The van der Waals surface area contributed by atoms with Gasteiger partial charge < -0.3 is 19.9 Å². The fourth-order valence-electron chi connectivity index (χ4n) is 1.90. The second kappa shape index (κ2) is 5.63. The molecule has 4 nitrogen and oxygen atoms in total. The number of aromatic hydroxyl groups is 1. The standard InChI is InChI=1S/C16H27BO4/c1-14(2,3)12-10-11(18)8-9-13(12)17(20)21-16(6,7)15(4,5)19/h8-10,18-20H,1-7H3. The Morgan fingerprint density at radius 1 is 1.00 bits per heavy atom. The smallest absolute Gasteiger partial charge is 0.491 e. The summed E-state index contributed by atoms with van der Waals surface area (Å²) in [5.74, 6) is 0.151. The molecule has 21 heavy (non-hydrogen) atoms. The first-order valence-corrected chi connectivity index (χ1v) is 7.17. The summed E-state index contributed by atoms with van der Waals surface area (Å²) < 4.78 is 5.69. The highest BCUT2D eigenvalue weighted by atomic mass is 16.5. The van der Waals surface area contributed by atoms with E-state index >= 15 is 0 Å². The van der Waals surface area contributed by atoms with E-state index in [0.29, 0.717) is 5.46 Å². The van der Waals surface area contributed by atoms with Crippen LogP contribution < -0.4 is 5.46 Å². The zero-order valence-corrected chi connectivity index (χ0v) is 14.1. The normalized spacial score (nSPS) is 13.4. The second-order valence-electron chi connectivity index (χ2n) is 7.56. The topological polar surface area (TPSA) is 69.9 Å². The molecule has 3 N–H and O–H groups in total. The minimum atomic E-state index is -1.18. The van der Waals surface area contributed by atoms with Gasteiger partial charge in [-0.1, -0.05) is 26.8 Å². The molecule has 0 heterocycles. The van der Waals surface area contributed by atoms with Gasteiger partial charge in [-0.3, -0.25) is 0 Å². The molecule has 0 aromatic heterocycles. The minimum Gasteiger partial charge on any atom is -0.508 e. The summed E-state index contributed by atoms with van der Waals surface area (Å²) in [6.07, 6.45) is 0. The van der Waals surface area contributed by atoms with E-state index in [1.54, 1.807) is 39.8 Å². The molecule has 1 aromatic rings. The predicted octanol–water partition coefficient (Wildman–Crippen LogP) is 1.94. The lowest BCUT2D eigenvalue weighted by Gasteiger charge is -2.39. The van der Waals surface area contributed by atoms with E-state index in [4.69, 9.17) is 4.65 Å². The molecule has 0 atom stereocenters. The summed E-state index contributed by atoms with van der Waals surface area (Å²) in [7, 11) is -1.18. The first kappa shape index (κ1) is 18.0. The summed E-state index contributed by atoms with van der Waals surface area (Å²) in [4.78, 5) is 0. The van der Waals surface area contributed by atoms with Gasteiger partial charge in [0.05, 0.1) is 11.2 Å². The maximum absolute atomic E-state index is 10.4. The van der Waals surface area contributed by atoms with Crippen molar-refractivity contribution in [3.8, 4) is 5.75 Å². The zero-order chi connectivity index (χ0) is 16.6. The Hall–Kier alpha value is -1.04. The van der Waals surface area contributed by atoms with Gasteiger partial charge in [-0.25, -0.2) is 0 Å². The van der Waals surface area contributed by atoms with Gasteiger partial charge in [-0.2, -0.15) is 0 Å². The van der Waals surface area contributed by atoms with Crippen LogP contribution in [0.15, 0.2) is 18.2 Å². The molecule has 0 aliphatic rings. The van der Waals surface area contributed by atoms with Crippen molar-refractivity contribution < 1.29 is 19.9 Å². The predicted molar refractivity (Wildman–Crippen MR) is 85.9 cm³/mol. The lowest BCUT2D eigenvalue weighted by atomic mass is 9.69. The molecule has 0 saturated heterocycles. The maximum atomic E-state index is 10.4. The largest absolute Gasteiger partial charge is 0.508 e. The molecule has 118 valence electrons.